The molecule has 0 bridgehead atoms. The van der Waals surface area contributed by atoms with E-state index in [1.807, 2.05) is 6.07 Å². The van der Waals surface area contributed by atoms with Crippen molar-refractivity contribution in [2.75, 3.05) is 5.32 Å². The van der Waals surface area contributed by atoms with Gasteiger partial charge in [0.05, 0.1) is 11.4 Å². The molecule has 30 heavy (non-hydrogen) atoms. The maximum absolute atomic E-state index is 13.4. The molecule has 0 saturated heterocycles. The maximum Gasteiger partial charge on any atom is 0.276 e. The molecule has 148 valence electrons. The van der Waals surface area contributed by atoms with E-state index in [1.165, 1.54) is 19.1 Å². The fraction of sp³-hybridized carbons (Fsp3) is 0.0435. The SMILES string of the molecule is CC(=O)c1ccc(NC(=O)c2cc(-c3cccnc3)n(-c3ccc(F)cc3)n2)cc1. The summed E-state index contributed by atoms with van der Waals surface area (Å²) in [6.45, 7) is 1.48. The van der Waals surface area contributed by atoms with E-state index in [2.05, 4.69) is 15.4 Å². The van der Waals surface area contributed by atoms with Gasteiger partial charge in [0.1, 0.15) is 5.82 Å². The lowest BCUT2D eigenvalue weighted by atomic mass is 10.1. The first kappa shape index (κ1) is 19.2. The Bertz CT molecular complexity index is 1200. The van der Waals surface area contributed by atoms with Crippen LogP contribution in [0.1, 0.15) is 27.8 Å². The number of nitrogens with one attached hydrogen (secondary N) is 1. The molecule has 1 amide bonds. The fourth-order valence-electron chi connectivity index (χ4n) is 2.97. The summed E-state index contributed by atoms with van der Waals surface area (Å²) in [7, 11) is 0. The number of pyridine rings is 1. The van der Waals surface area contributed by atoms with Gasteiger partial charge in [0.25, 0.3) is 5.91 Å². The molecule has 0 radical (unpaired) electrons. The van der Waals surface area contributed by atoms with Gasteiger partial charge < -0.3 is 5.32 Å². The Morgan fingerprint density at radius 1 is 1.00 bits per heavy atom. The molecule has 1 N–H and O–H groups in total. The van der Waals surface area contributed by atoms with Crippen LogP contribution in [0.3, 0.4) is 0 Å². The van der Waals surface area contributed by atoms with Crippen LogP contribution in [-0.4, -0.2) is 26.5 Å². The first-order chi connectivity index (χ1) is 14.5. The third kappa shape index (κ3) is 4.00. The molecule has 0 saturated carbocycles. The molecule has 0 aliphatic carbocycles. The molecular formula is C23H17FN4O2. The van der Waals surface area contributed by atoms with Crippen molar-refractivity contribution in [1.29, 1.82) is 0 Å². The lowest BCUT2D eigenvalue weighted by Crippen LogP contribution is -2.13. The Morgan fingerprint density at radius 3 is 2.37 bits per heavy atom. The van der Waals surface area contributed by atoms with Gasteiger partial charge in [-0.3, -0.25) is 14.6 Å². The third-order valence-corrected chi connectivity index (χ3v) is 4.52. The second-order valence-electron chi connectivity index (χ2n) is 6.63. The number of benzene rings is 2. The van der Waals surface area contributed by atoms with Crippen LogP contribution in [0.15, 0.2) is 79.1 Å². The highest BCUT2D eigenvalue weighted by Gasteiger charge is 2.17. The van der Waals surface area contributed by atoms with Crippen molar-refractivity contribution in [3.8, 4) is 16.9 Å². The Hall–Kier alpha value is -4.13. The van der Waals surface area contributed by atoms with Gasteiger partial charge in [-0.25, -0.2) is 9.07 Å². The van der Waals surface area contributed by atoms with Gasteiger partial charge >= 0.3 is 0 Å². The molecule has 7 heteroatoms. The van der Waals surface area contributed by atoms with Gasteiger partial charge in [-0.15, -0.1) is 0 Å². The van der Waals surface area contributed by atoms with Crippen LogP contribution in [0.5, 0.6) is 0 Å². The van der Waals surface area contributed by atoms with E-state index >= 15 is 0 Å². The Morgan fingerprint density at radius 2 is 1.73 bits per heavy atom. The van der Waals surface area contributed by atoms with Crippen molar-refractivity contribution in [2.45, 2.75) is 6.92 Å². The molecule has 0 unspecified atom stereocenters. The van der Waals surface area contributed by atoms with Crippen molar-refractivity contribution < 1.29 is 14.0 Å². The summed E-state index contributed by atoms with van der Waals surface area (Å²) >= 11 is 0. The average molecular weight is 400 g/mol. The van der Waals surface area contributed by atoms with E-state index in [1.54, 1.807) is 65.6 Å². The van der Waals surface area contributed by atoms with Crippen LogP contribution in [0.2, 0.25) is 0 Å². The van der Waals surface area contributed by atoms with E-state index in [-0.39, 0.29) is 17.3 Å². The first-order valence-corrected chi connectivity index (χ1v) is 9.20. The molecular weight excluding hydrogens is 383 g/mol. The fourth-order valence-corrected chi connectivity index (χ4v) is 2.97. The number of carbonyl (C=O) groups is 2. The van der Waals surface area contributed by atoms with Gasteiger partial charge in [-0.05, 0) is 73.7 Å². The molecule has 4 aromatic rings. The second-order valence-corrected chi connectivity index (χ2v) is 6.63. The van der Waals surface area contributed by atoms with Crippen molar-refractivity contribution in [1.82, 2.24) is 14.8 Å². The number of amides is 1. The summed E-state index contributed by atoms with van der Waals surface area (Å²) in [6, 6.07) is 17.8. The number of hydrogen-bond acceptors (Lipinski definition) is 4. The molecule has 2 aromatic carbocycles. The summed E-state index contributed by atoms with van der Waals surface area (Å²) in [4.78, 5) is 28.3. The van der Waals surface area contributed by atoms with Crippen LogP contribution in [0.25, 0.3) is 16.9 Å². The lowest BCUT2D eigenvalue weighted by molar-refractivity contribution is 0.101. The second kappa shape index (κ2) is 8.08. The number of halogens is 1. The minimum atomic E-state index is -0.406. The van der Waals surface area contributed by atoms with Gasteiger partial charge in [0.15, 0.2) is 11.5 Å². The predicted octanol–water partition coefficient (Wildman–Crippen LogP) is 4.53. The number of aromatic nitrogens is 3. The number of hydrogen-bond donors (Lipinski definition) is 1. The van der Waals surface area contributed by atoms with Crippen LogP contribution in [-0.2, 0) is 0 Å². The summed E-state index contributed by atoms with van der Waals surface area (Å²) in [6.07, 6.45) is 3.32. The summed E-state index contributed by atoms with van der Waals surface area (Å²) < 4.78 is 14.9. The van der Waals surface area contributed by atoms with Crippen LogP contribution >= 0.6 is 0 Å². The van der Waals surface area contributed by atoms with E-state index in [4.69, 9.17) is 0 Å². The largest absolute Gasteiger partial charge is 0.321 e. The number of Topliss-reactive ketones (excluding diaryl/α,β-unsaturated/α-hetero) is 1. The lowest BCUT2D eigenvalue weighted by Gasteiger charge is -2.07. The molecule has 2 heterocycles. The zero-order valence-corrected chi connectivity index (χ0v) is 16.0. The highest BCUT2D eigenvalue weighted by atomic mass is 19.1. The zero-order chi connectivity index (χ0) is 21.1. The number of carbonyl (C=O) groups excluding carboxylic acids is 2. The van der Waals surface area contributed by atoms with Crippen molar-refractivity contribution >= 4 is 17.4 Å². The molecule has 0 aliphatic heterocycles. The molecule has 0 spiro atoms. The summed E-state index contributed by atoms with van der Waals surface area (Å²) in [5, 5.41) is 7.20. The quantitative estimate of drug-likeness (QED) is 0.500. The van der Waals surface area contributed by atoms with Crippen molar-refractivity contribution in [3.05, 3.63) is 96.2 Å². The number of anilines is 1. The topological polar surface area (TPSA) is 76.9 Å². The third-order valence-electron chi connectivity index (χ3n) is 4.52. The smallest absolute Gasteiger partial charge is 0.276 e. The van der Waals surface area contributed by atoms with Crippen LogP contribution < -0.4 is 5.32 Å². The molecule has 4 rings (SSSR count). The zero-order valence-electron chi connectivity index (χ0n) is 16.0. The van der Waals surface area contributed by atoms with E-state index in [9.17, 15) is 14.0 Å². The first-order valence-electron chi connectivity index (χ1n) is 9.20. The number of rotatable bonds is 5. The molecule has 2 aromatic heterocycles. The molecule has 6 nitrogen and oxygen atoms in total. The normalized spacial score (nSPS) is 10.6. The minimum Gasteiger partial charge on any atom is -0.321 e. The highest BCUT2D eigenvalue weighted by Crippen LogP contribution is 2.24. The van der Waals surface area contributed by atoms with Gasteiger partial charge in [0, 0.05) is 29.2 Å². The Balaban J connectivity index is 1.69. The Kier molecular flexibility index (Phi) is 5.17. The Labute approximate surface area is 172 Å². The molecule has 0 fully saturated rings. The van der Waals surface area contributed by atoms with Gasteiger partial charge in [-0.2, -0.15) is 5.10 Å². The average Bonchev–Trinajstić information content (AvgIpc) is 3.21. The predicted molar refractivity (Wildman–Crippen MR) is 111 cm³/mol. The standard InChI is InChI=1S/C23H17FN4O2/c1-15(29)16-4-8-19(9-5-16)26-23(30)21-13-22(17-3-2-12-25-14-17)28(27-21)20-10-6-18(24)7-11-20/h2-14H,1H3,(H,26,30). The number of nitrogens with zero attached hydrogens (tertiary/aromatic N) is 3. The van der Waals surface area contributed by atoms with E-state index in [0.717, 1.165) is 5.56 Å². The number of ketones is 1. The van der Waals surface area contributed by atoms with Gasteiger partial charge in [0.2, 0.25) is 0 Å². The van der Waals surface area contributed by atoms with E-state index in [0.29, 0.717) is 22.6 Å². The van der Waals surface area contributed by atoms with Crippen molar-refractivity contribution in [2.24, 2.45) is 0 Å². The summed E-state index contributed by atoms with van der Waals surface area (Å²) in [5.41, 5.74) is 3.32. The van der Waals surface area contributed by atoms with Crippen molar-refractivity contribution in [3.63, 3.8) is 0 Å². The molecule has 0 aliphatic rings. The monoisotopic (exact) mass is 400 g/mol. The highest BCUT2D eigenvalue weighted by molar-refractivity contribution is 6.04. The van der Waals surface area contributed by atoms with Gasteiger partial charge in [-0.1, -0.05) is 0 Å². The maximum atomic E-state index is 13.4. The van der Waals surface area contributed by atoms with Crippen LogP contribution in [0, 0.1) is 5.82 Å². The van der Waals surface area contributed by atoms with Crippen LogP contribution in [0.4, 0.5) is 10.1 Å². The van der Waals surface area contributed by atoms with E-state index < -0.39 is 5.91 Å². The minimum absolute atomic E-state index is 0.0490. The summed E-state index contributed by atoms with van der Waals surface area (Å²) in [5.74, 6) is -0.815. The molecule has 0 atom stereocenters.